The van der Waals surface area contributed by atoms with Gasteiger partial charge in [-0.2, -0.15) is 5.26 Å². The predicted octanol–water partition coefficient (Wildman–Crippen LogP) is 2.15. The minimum atomic E-state index is 0.576. The van der Waals surface area contributed by atoms with E-state index in [9.17, 15) is 0 Å². The fraction of sp³-hybridized carbons (Fsp3) is 0.0769. The van der Waals surface area contributed by atoms with E-state index in [1.807, 2.05) is 24.3 Å². The first-order valence-corrected chi connectivity index (χ1v) is 5.22. The van der Waals surface area contributed by atoms with E-state index in [2.05, 4.69) is 16.4 Å². The second-order valence-electron chi connectivity index (χ2n) is 3.59. The maximum atomic E-state index is 8.93. The first kappa shape index (κ1) is 11.0. The number of nitrogens with two attached hydrogens (primary N) is 1. The highest BCUT2D eigenvalue weighted by atomic mass is 14.9. The number of hydrogen-bond acceptors (Lipinski definition) is 4. The molecule has 84 valence electrons. The number of pyridine rings is 1. The Morgan fingerprint density at radius 2 is 2.12 bits per heavy atom. The lowest BCUT2D eigenvalue weighted by Gasteiger charge is -2.09. The average molecular weight is 224 g/mol. The third kappa shape index (κ3) is 2.52. The van der Waals surface area contributed by atoms with Crippen molar-refractivity contribution in [3.05, 3.63) is 53.9 Å². The minimum absolute atomic E-state index is 0.576. The molecule has 1 heterocycles. The Hall–Kier alpha value is -2.54. The molecule has 17 heavy (non-hydrogen) atoms. The van der Waals surface area contributed by atoms with E-state index in [1.165, 1.54) is 0 Å². The fourth-order valence-electron chi connectivity index (χ4n) is 1.52. The molecule has 0 aliphatic rings. The summed E-state index contributed by atoms with van der Waals surface area (Å²) in [6.45, 7) is 0.576. The Kier molecular flexibility index (Phi) is 3.22. The van der Waals surface area contributed by atoms with Crippen LogP contribution in [0, 0.1) is 11.3 Å². The maximum Gasteiger partial charge on any atom is 0.101 e. The van der Waals surface area contributed by atoms with Crippen LogP contribution in [0.5, 0.6) is 0 Å². The van der Waals surface area contributed by atoms with Crippen LogP contribution in [-0.4, -0.2) is 4.98 Å². The molecule has 0 radical (unpaired) electrons. The van der Waals surface area contributed by atoms with E-state index >= 15 is 0 Å². The van der Waals surface area contributed by atoms with Gasteiger partial charge in [0.2, 0.25) is 0 Å². The number of aromatic nitrogens is 1. The van der Waals surface area contributed by atoms with Crippen molar-refractivity contribution in [1.29, 1.82) is 5.26 Å². The van der Waals surface area contributed by atoms with Crippen LogP contribution >= 0.6 is 0 Å². The summed E-state index contributed by atoms with van der Waals surface area (Å²) in [6.07, 6.45) is 3.23. The van der Waals surface area contributed by atoms with Gasteiger partial charge in [-0.1, -0.05) is 18.2 Å². The van der Waals surface area contributed by atoms with Crippen LogP contribution in [0.1, 0.15) is 11.1 Å². The van der Waals surface area contributed by atoms with E-state index < -0.39 is 0 Å². The van der Waals surface area contributed by atoms with E-state index in [-0.39, 0.29) is 0 Å². The number of nitrogens with one attached hydrogen (secondary N) is 1. The summed E-state index contributed by atoms with van der Waals surface area (Å²) < 4.78 is 0. The molecule has 3 N–H and O–H groups in total. The van der Waals surface area contributed by atoms with Gasteiger partial charge in [-0.3, -0.25) is 4.98 Å². The minimum Gasteiger partial charge on any atom is -0.398 e. The Bertz CT molecular complexity index is 557. The standard InChI is InChI=1S/C13H12N4/c14-7-10-5-6-16-9-13(10)17-8-11-3-1-2-4-12(11)15/h1-6,9,17H,8,15H2. The van der Waals surface area contributed by atoms with Crippen molar-refractivity contribution in [3.8, 4) is 6.07 Å². The van der Waals surface area contributed by atoms with Crippen LogP contribution in [0.25, 0.3) is 0 Å². The number of benzene rings is 1. The van der Waals surface area contributed by atoms with Gasteiger partial charge in [0.25, 0.3) is 0 Å². The summed E-state index contributed by atoms with van der Waals surface area (Å²) in [7, 11) is 0. The van der Waals surface area contributed by atoms with Gasteiger partial charge in [-0.25, -0.2) is 0 Å². The zero-order valence-electron chi connectivity index (χ0n) is 9.22. The van der Waals surface area contributed by atoms with Crippen LogP contribution in [0.2, 0.25) is 0 Å². The van der Waals surface area contributed by atoms with Crippen molar-refractivity contribution < 1.29 is 0 Å². The Morgan fingerprint density at radius 3 is 2.88 bits per heavy atom. The van der Waals surface area contributed by atoms with E-state index in [0.29, 0.717) is 12.1 Å². The molecule has 0 aliphatic heterocycles. The van der Waals surface area contributed by atoms with Crippen LogP contribution < -0.4 is 11.1 Å². The second kappa shape index (κ2) is 4.99. The number of anilines is 2. The third-order valence-electron chi connectivity index (χ3n) is 2.47. The molecule has 0 spiro atoms. The van der Waals surface area contributed by atoms with Gasteiger partial charge in [0, 0.05) is 18.4 Å². The molecule has 0 saturated heterocycles. The van der Waals surface area contributed by atoms with Crippen LogP contribution in [0.3, 0.4) is 0 Å². The lowest BCUT2D eigenvalue weighted by molar-refractivity contribution is 1.14. The van der Waals surface area contributed by atoms with Gasteiger partial charge in [0.15, 0.2) is 0 Å². The maximum absolute atomic E-state index is 8.93. The van der Waals surface area contributed by atoms with Gasteiger partial charge >= 0.3 is 0 Å². The fourth-order valence-corrected chi connectivity index (χ4v) is 1.52. The highest BCUT2D eigenvalue weighted by molar-refractivity contribution is 5.57. The summed E-state index contributed by atoms with van der Waals surface area (Å²) in [5.41, 5.74) is 8.87. The zero-order valence-corrected chi connectivity index (χ0v) is 9.22. The second-order valence-corrected chi connectivity index (χ2v) is 3.59. The quantitative estimate of drug-likeness (QED) is 0.783. The van der Waals surface area contributed by atoms with Crippen molar-refractivity contribution in [1.82, 2.24) is 4.98 Å². The summed E-state index contributed by atoms with van der Waals surface area (Å²) in [6, 6.07) is 11.4. The Balaban J connectivity index is 2.13. The largest absolute Gasteiger partial charge is 0.398 e. The van der Waals surface area contributed by atoms with Crippen molar-refractivity contribution >= 4 is 11.4 Å². The number of nitrogen functional groups attached to an aromatic ring is 1. The highest BCUT2D eigenvalue weighted by Crippen LogP contribution is 2.16. The molecule has 1 aromatic carbocycles. The number of nitriles is 1. The van der Waals surface area contributed by atoms with Gasteiger partial charge in [0.1, 0.15) is 6.07 Å². The molecule has 0 unspecified atom stereocenters. The number of nitrogens with zero attached hydrogens (tertiary/aromatic N) is 2. The summed E-state index contributed by atoms with van der Waals surface area (Å²) in [5, 5.41) is 12.1. The molecule has 0 atom stereocenters. The van der Waals surface area contributed by atoms with Crippen LogP contribution in [0.15, 0.2) is 42.7 Å². The molecule has 0 fully saturated rings. The number of para-hydroxylation sites is 1. The molecule has 0 saturated carbocycles. The van der Waals surface area contributed by atoms with Gasteiger partial charge < -0.3 is 11.1 Å². The van der Waals surface area contributed by atoms with E-state index in [4.69, 9.17) is 11.0 Å². The van der Waals surface area contributed by atoms with E-state index in [0.717, 1.165) is 16.9 Å². The van der Waals surface area contributed by atoms with Crippen molar-refractivity contribution in [2.24, 2.45) is 0 Å². The third-order valence-corrected chi connectivity index (χ3v) is 2.47. The number of rotatable bonds is 3. The smallest absolute Gasteiger partial charge is 0.101 e. The molecular formula is C13H12N4. The summed E-state index contributed by atoms with van der Waals surface area (Å²) in [5.74, 6) is 0. The lowest BCUT2D eigenvalue weighted by Crippen LogP contribution is -2.04. The van der Waals surface area contributed by atoms with Crippen molar-refractivity contribution in [2.75, 3.05) is 11.1 Å². The molecule has 4 heteroatoms. The molecular weight excluding hydrogens is 212 g/mol. The Morgan fingerprint density at radius 1 is 1.29 bits per heavy atom. The molecule has 4 nitrogen and oxygen atoms in total. The summed E-state index contributed by atoms with van der Waals surface area (Å²) >= 11 is 0. The molecule has 0 aliphatic carbocycles. The average Bonchev–Trinajstić information content (AvgIpc) is 2.38. The first-order valence-electron chi connectivity index (χ1n) is 5.22. The highest BCUT2D eigenvalue weighted by Gasteiger charge is 2.02. The van der Waals surface area contributed by atoms with Crippen molar-refractivity contribution in [3.63, 3.8) is 0 Å². The van der Waals surface area contributed by atoms with E-state index in [1.54, 1.807) is 18.5 Å². The lowest BCUT2D eigenvalue weighted by atomic mass is 10.1. The van der Waals surface area contributed by atoms with Crippen LogP contribution in [0.4, 0.5) is 11.4 Å². The molecule has 0 bridgehead atoms. The predicted molar refractivity (Wildman–Crippen MR) is 67.1 cm³/mol. The number of hydrogen-bond donors (Lipinski definition) is 2. The van der Waals surface area contributed by atoms with Gasteiger partial charge in [-0.05, 0) is 17.7 Å². The molecule has 2 aromatic rings. The SMILES string of the molecule is N#Cc1ccncc1NCc1ccccc1N. The Labute approximate surface area is 99.7 Å². The van der Waals surface area contributed by atoms with Gasteiger partial charge in [-0.15, -0.1) is 0 Å². The normalized spacial score (nSPS) is 9.59. The van der Waals surface area contributed by atoms with Crippen molar-refractivity contribution in [2.45, 2.75) is 6.54 Å². The summed E-state index contributed by atoms with van der Waals surface area (Å²) in [4.78, 5) is 3.98. The molecule has 2 rings (SSSR count). The molecule has 0 amide bonds. The van der Waals surface area contributed by atoms with Crippen LogP contribution in [-0.2, 0) is 6.54 Å². The zero-order chi connectivity index (χ0) is 12.1. The first-order chi connectivity index (χ1) is 8.31. The monoisotopic (exact) mass is 224 g/mol. The topological polar surface area (TPSA) is 74.7 Å². The molecule has 1 aromatic heterocycles. The van der Waals surface area contributed by atoms with Gasteiger partial charge in [0.05, 0.1) is 17.4 Å².